The number of carbonyl (C=O) groups is 2. The van der Waals surface area contributed by atoms with E-state index in [0.29, 0.717) is 46.2 Å². The summed E-state index contributed by atoms with van der Waals surface area (Å²) in [7, 11) is 3.88. The average Bonchev–Trinajstić information content (AvgIpc) is 2.89. The van der Waals surface area contributed by atoms with Gasteiger partial charge in [0.2, 0.25) is 0 Å². The van der Waals surface area contributed by atoms with Crippen molar-refractivity contribution in [3.8, 4) is 5.75 Å². The van der Waals surface area contributed by atoms with E-state index in [0.717, 1.165) is 18.5 Å². The fourth-order valence-corrected chi connectivity index (χ4v) is 4.39. The molecule has 1 aliphatic rings. The van der Waals surface area contributed by atoms with E-state index in [2.05, 4.69) is 10.3 Å². The number of carbonyl (C=O) groups excluding carboxylic acids is 2. The number of hydrogen-bond acceptors (Lipinski definition) is 5. The van der Waals surface area contributed by atoms with Crippen LogP contribution in [0.1, 0.15) is 34.8 Å². The number of amides is 2. The van der Waals surface area contributed by atoms with Gasteiger partial charge in [-0.1, -0.05) is 35.3 Å². The van der Waals surface area contributed by atoms with Crippen molar-refractivity contribution >= 4 is 46.4 Å². The number of pyridine rings is 1. The summed E-state index contributed by atoms with van der Waals surface area (Å²) in [6.07, 6.45) is 3.48. The number of anilines is 2. The number of rotatable bonds is 7. The van der Waals surface area contributed by atoms with E-state index < -0.39 is 0 Å². The van der Waals surface area contributed by atoms with Crippen LogP contribution < -0.4 is 15.0 Å². The molecule has 0 radical (unpaired) electrons. The number of aromatic nitrogens is 1. The Bertz CT molecular complexity index is 1210. The molecule has 1 saturated heterocycles. The van der Waals surface area contributed by atoms with Crippen LogP contribution in [0.3, 0.4) is 0 Å². The molecule has 9 heteroatoms. The minimum Gasteiger partial charge on any atom is -0.484 e. The highest BCUT2D eigenvalue weighted by molar-refractivity contribution is 6.42. The van der Waals surface area contributed by atoms with E-state index in [1.165, 1.54) is 5.56 Å². The molecule has 36 heavy (non-hydrogen) atoms. The lowest BCUT2D eigenvalue weighted by Crippen LogP contribution is -2.38. The third-order valence-electron chi connectivity index (χ3n) is 6.19. The van der Waals surface area contributed by atoms with Gasteiger partial charge in [-0.3, -0.25) is 9.59 Å². The van der Waals surface area contributed by atoms with Gasteiger partial charge in [0.05, 0.1) is 21.9 Å². The number of nitrogens with one attached hydrogen (secondary N) is 1. The molecule has 1 aromatic heterocycles. The van der Waals surface area contributed by atoms with Crippen LogP contribution in [0.4, 0.5) is 11.4 Å². The minimum atomic E-state index is -0.270. The molecule has 0 saturated carbocycles. The Hall–Kier alpha value is -3.29. The zero-order valence-electron chi connectivity index (χ0n) is 20.2. The van der Waals surface area contributed by atoms with Crippen LogP contribution >= 0.6 is 23.2 Å². The lowest BCUT2D eigenvalue weighted by molar-refractivity contribution is -0.118. The summed E-state index contributed by atoms with van der Waals surface area (Å²) in [5, 5.41) is 3.63. The molecular weight excluding hydrogens is 499 g/mol. The predicted molar refractivity (Wildman–Crippen MR) is 143 cm³/mol. The number of hydrogen-bond donors (Lipinski definition) is 1. The summed E-state index contributed by atoms with van der Waals surface area (Å²) in [6, 6.07) is 16.4. The number of piperidine rings is 1. The van der Waals surface area contributed by atoms with Crippen molar-refractivity contribution in [2.24, 2.45) is 0 Å². The summed E-state index contributed by atoms with van der Waals surface area (Å²) in [6.45, 7) is 1.23. The number of ether oxygens (including phenoxy) is 1. The molecule has 2 aromatic carbocycles. The first-order valence-electron chi connectivity index (χ1n) is 11.7. The van der Waals surface area contributed by atoms with Crippen LogP contribution in [-0.2, 0) is 4.79 Å². The fourth-order valence-electron chi connectivity index (χ4n) is 4.11. The molecule has 188 valence electrons. The first kappa shape index (κ1) is 25.8. The average molecular weight is 527 g/mol. The van der Waals surface area contributed by atoms with Crippen LogP contribution in [-0.4, -0.2) is 55.5 Å². The molecule has 1 aliphatic heterocycles. The molecule has 0 unspecified atom stereocenters. The zero-order chi connectivity index (χ0) is 25.7. The van der Waals surface area contributed by atoms with Crippen LogP contribution in [0, 0.1) is 0 Å². The van der Waals surface area contributed by atoms with E-state index in [9.17, 15) is 9.59 Å². The van der Waals surface area contributed by atoms with Crippen LogP contribution in [0.25, 0.3) is 0 Å². The van der Waals surface area contributed by atoms with Crippen molar-refractivity contribution in [1.29, 1.82) is 0 Å². The van der Waals surface area contributed by atoms with Crippen molar-refractivity contribution in [2.45, 2.75) is 18.8 Å². The second-order valence-corrected chi connectivity index (χ2v) is 9.71. The standard InChI is InChI=1S/C27H28Cl2N4O3/c1-32(2)21-7-10-25(30-16-21)27(35)33-13-11-19(12-14-33)18-3-5-20(6-4-18)31-26(34)17-36-22-8-9-23(28)24(29)15-22/h3-10,15-16,19H,11-14,17H2,1-2H3,(H,31,34). The van der Waals surface area contributed by atoms with E-state index >= 15 is 0 Å². The number of benzene rings is 2. The Labute approximate surface area is 221 Å². The molecule has 0 spiro atoms. The van der Waals surface area contributed by atoms with Gasteiger partial charge in [-0.25, -0.2) is 4.98 Å². The Morgan fingerprint density at radius 1 is 1.03 bits per heavy atom. The van der Waals surface area contributed by atoms with Gasteiger partial charge in [-0.15, -0.1) is 0 Å². The number of halogens is 2. The molecule has 0 atom stereocenters. The van der Waals surface area contributed by atoms with Crippen LogP contribution in [0.5, 0.6) is 5.75 Å². The van der Waals surface area contributed by atoms with Gasteiger partial charge in [-0.2, -0.15) is 0 Å². The molecule has 0 bridgehead atoms. The monoisotopic (exact) mass is 526 g/mol. The minimum absolute atomic E-state index is 0.0279. The van der Waals surface area contributed by atoms with Crippen molar-refractivity contribution in [2.75, 3.05) is 44.0 Å². The van der Waals surface area contributed by atoms with Crippen molar-refractivity contribution in [3.05, 3.63) is 82.1 Å². The van der Waals surface area contributed by atoms with Crippen molar-refractivity contribution in [3.63, 3.8) is 0 Å². The Morgan fingerprint density at radius 3 is 2.36 bits per heavy atom. The van der Waals surface area contributed by atoms with E-state index in [1.54, 1.807) is 30.5 Å². The number of likely N-dealkylation sites (tertiary alicyclic amines) is 1. The molecule has 4 rings (SSSR count). The highest BCUT2D eigenvalue weighted by atomic mass is 35.5. The highest BCUT2D eigenvalue weighted by Gasteiger charge is 2.25. The number of nitrogens with zero attached hydrogens (tertiary/aromatic N) is 3. The quantitative estimate of drug-likeness (QED) is 0.440. The maximum Gasteiger partial charge on any atom is 0.272 e. The SMILES string of the molecule is CN(C)c1ccc(C(=O)N2CCC(c3ccc(NC(=O)COc4ccc(Cl)c(Cl)c4)cc3)CC2)nc1. The fraction of sp³-hybridized carbons (Fsp3) is 0.296. The van der Waals surface area contributed by atoms with Gasteiger partial charge in [0.25, 0.3) is 11.8 Å². The summed E-state index contributed by atoms with van der Waals surface area (Å²) in [4.78, 5) is 33.2. The zero-order valence-corrected chi connectivity index (χ0v) is 21.7. The third kappa shape index (κ3) is 6.47. The molecule has 1 fully saturated rings. The van der Waals surface area contributed by atoms with E-state index in [1.807, 2.05) is 54.2 Å². The molecule has 0 aliphatic carbocycles. The Morgan fingerprint density at radius 2 is 1.75 bits per heavy atom. The summed E-state index contributed by atoms with van der Waals surface area (Å²) in [5.74, 6) is 0.537. The smallest absolute Gasteiger partial charge is 0.272 e. The van der Waals surface area contributed by atoms with Crippen LogP contribution in [0.2, 0.25) is 10.0 Å². The van der Waals surface area contributed by atoms with Gasteiger partial charge < -0.3 is 19.9 Å². The van der Waals surface area contributed by atoms with Gasteiger partial charge in [0.1, 0.15) is 11.4 Å². The first-order valence-corrected chi connectivity index (χ1v) is 12.5. The third-order valence-corrected chi connectivity index (χ3v) is 6.93. The van der Waals surface area contributed by atoms with E-state index in [4.69, 9.17) is 27.9 Å². The van der Waals surface area contributed by atoms with Gasteiger partial charge in [0.15, 0.2) is 6.61 Å². The topological polar surface area (TPSA) is 74.8 Å². The summed E-state index contributed by atoms with van der Waals surface area (Å²) in [5.41, 5.74) is 3.33. The Balaban J connectivity index is 1.25. The maximum atomic E-state index is 12.8. The second-order valence-electron chi connectivity index (χ2n) is 8.90. The lowest BCUT2D eigenvalue weighted by Gasteiger charge is -2.32. The molecule has 7 nitrogen and oxygen atoms in total. The molecule has 2 heterocycles. The summed E-state index contributed by atoms with van der Waals surface area (Å²) >= 11 is 11.9. The van der Waals surface area contributed by atoms with Gasteiger partial charge >= 0.3 is 0 Å². The lowest BCUT2D eigenvalue weighted by atomic mass is 9.89. The Kier molecular flexibility index (Phi) is 8.33. The normalized spacial score (nSPS) is 13.8. The maximum absolute atomic E-state index is 12.8. The first-order chi connectivity index (χ1) is 17.3. The molecular formula is C27H28Cl2N4O3. The second kappa shape index (κ2) is 11.6. The van der Waals surface area contributed by atoms with Gasteiger partial charge in [0, 0.05) is 38.9 Å². The largest absolute Gasteiger partial charge is 0.484 e. The molecule has 1 N–H and O–H groups in total. The predicted octanol–water partition coefficient (Wildman–Crippen LogP) is 5.49. The van der Waals surface area contributed by atoms with Crippen molar-refractivity contribution in [1.82, 2.24) is 9.88 Å². The van der Waals surface area contributed by atoms with Crippen LogP contribution in [0.15, 0.2) is 60.8 Å². The van der Waals surface area contributed by atoms with Crippen molar-refractivity contribution < 1.29 is 14.3 Å². The summed E-state index contributed by atoms with van der Waals surface area (Å²) < 4.78 is 5.48. The molecule has 2 amide bonds. The highest BCUT2D eigenvalue weighted by Crippen LogP contribution is 2.30. The van der Waals surface area contributed by atoms with Gasteiger partial charge in [-0.05, 0) is 60.7 Å². The van der Waals surface area contributed by atoms with E-state index in [-0.39, 0.29) is 18.4 Å². The molecule has 3 aromatic rings.